The van der Waals surface area contributed by atoms with Crippen LogP contribution in [0.15, 0.2) is 170 Å². The molecule has 0 saturated heterocycles. The number of fused-ring (bicyclic) bond motifs is 3. The van der Waals surface area contributed by atoms with Crippen LogP contribution in [0.4, 0.5) is 0 Å². The van der Waals surface area contributed by atoms with Gasteiger partial charge in [-0.3, -0.25) is 0 Å². The van der Waals surface area contributed by atoms with E-state index >= 15 is 0 Å². The van der Waals surface area contributed by atoms with E-state index in [1.54, 1.807) is 0 Å². The molecule has 0 amide bonds. The maximum atomic E-state index is 6.35. The van der Waals surface area contributed by atoms with Crippen LogP contribution < -0.4 is 0 Å². The molecule has 0 spiro atoms. The first-order chi connectivity index (χ1) is 25.3. The molecule has 0 unspecified atom stereocenters. The van der Waals surface area contributed by atoms with E-state index in [4.69, 9.17) is 23.2 Å². The van der Waals surface area contributed by atoms with Crippen molar-refractivity contribution < 1.29 is 26.2 Å². The van der Waals surface area contributed by atoms with E-state index in [2.05, 4.69) is 126 Å². The van der Waals surface area contributed by atoms with Crippen molar-refractivity contribution in [3.63, 3.8) is 0 Å². The largest absolute Gasteiger partial charge is 2.00 e. The molecule has 8 rings (SSSR count). The smallest absolute Gasteiger partial charge is 0.214 e. The van der Waals surface area contributed by atoms with Crippen LogP contribution in [-0.4, -0.2) is 0 Å². The van der Waals surface area contributed by atoms with Gasteiger partial charge in [0.15, 0.2) is 4.33 Å². The average Bonchev–Trinajstić information content (AvgIpc) is 3.87. The molecule has 0 aromatic heterocycles. The summed E-state index contributed by atoms with van der Waals surface area (Å²) in [5.74, 6) is 0. The van der Waals surface area contributed by atoms with Gasteiger partial charge in [-0.05, 0) is 50.6 Å². The van der Waals surface area contributed by atoms with E-state index in [9.17, 15) is 0 Å². The summed E-state index contributed by atoms with van der Waals surface area (Å²) in [6, 6.07) is 62.1. The van der Waals surface area contributed by atoms with E-state index in [1.807, 2.05) is 91.0 Å². The molecule has 0 N–H and O–H groups in total. The Labute approximate surface area is 352 Å². The first-order valence-electron chi connectivity index (χ1n) is 18.4. The molecule has 0 radical (unpaired) electrons. The van der Waals surface area contributed by atoms with E-state index in [1.165, 1.54) is 55.6 Å². The summed E-state index contributed by atoms with van der Waals surface area (Å²) in [5, 5.41) is 0. The summed E-state index contributed by atoms with van der Waals surface area (Å²) >= 11 is 12.7. The fraction of sp³-hybridized carbons (Fsp3) is 0.196. The summed E-state index contributed by atoms with van der Waals surface area (Å²) in [6.07, 6.45) is 0.944. The zero-order chi connectivity index (χ0) is 37.6. The molecular weight excluding hydrogens is 775 g/mol. The maximum Gasteiger partial charge on any atom is 2.00 e. The van der Waals surface area contributed by atoms with Crippen molar-refractivity contribution in [3.8, 4) is 33.4 Å². The second-order valence-corrected chi connectivity index (χ2v) is 17.0. The number of hydrogen-bond donors (Lipinski definition) is 0. The van der Waals surface area contributed by atoms with Crippen LogP contribution in [0.5, 0.6) is 0 Å². The van der Waals surface area contributed by atoms with Crippen molar-refractivity contribution in [1.82, 2.24) is 0 Å². The topological polar surface area (TPSA) is 0 Å². The van der Waals surface area contributed by atoms with Crippen LogP contribution >= 0.6 is 23.2 Å². The Hall–Kier alpha value is -3.87. The van der Waals surface area contributed by atoms with Gasteiger partial charge in [0, 0.05) is 0 Å². The summed E-state index contributed by atoms with van der Waals surface area (Å²) < 4.78 is -0.970. The molecule has 0 nitrogen and oxygen atoms in total. The predicted octanol–water partition coefficient (Wildman–Crippen LogP) is 14.8. The number of halogens is 2. The Morgan fingerprint density at radius 3 is 1.39 bits per heavy atom. The van der Waals surface area contributed by atoms with Gasteiger partial charge < -0.3 is 0 Å². The molecule has 0 atom stereocenters. The summed E-state index contributed by atoms with van der Waals surface area (Å²) in [4.78, 5) is 0. The minimum Gasteiger partial charge on any atom is -0.214 e. The molecular formula is C51H48Cl2Zr. The van der Waals surface area contributed by atoms with Crippen LogP contribution in [0, 0.1) is 6.07 Å². The van der Waals surface area contributed by atoms with Crippen LogP contribution in [-0.2, 0) is 47.8 Å². The fourth-order valence-electron chi connectivity index (χ4n) is 6.88. The number of rotatable bonds is 4. The molecule has 7 aromatic rings. The van der Waals surface area contributed by atoms with Gasteiger partial charge in [0.25, 0.3) is 0 Å². The van der Waals surface area contributed by atoms with E-state index in [0.29, 0.717) is 0 Å². The van der Waals surface area contributed by atoms with Gasteiger partial charge in [-0.2, -0.15) is 18.2 Å². The van der Waals surface area contributed by atoms with Crippen LogP contribution in [0.1, 0.15) is 74.9 Å². The fourth-order valence-corrected chi connectivity index (χ4v) is 7.39. The van der Waals surface area contributed by atoms with Gasteiger partial charge in [-0.15, -0.1) is 28.8 Å². The first kappa shape index (κ1) is 41.3. The van der Waals surface area contributed by atoms with Gasteiger partial charge in [0.1, 0.15) is 0 Å². The molecule has 0 bridgehead atoms. The molecule has 1 aliphatic carbocycles. The molecule has 270 valence electrons. The third-order valence-corrected chi connectivity index (χ3v) is 10.5. The SMILES string of the molecule is CC(C)(C)c1cc2c([c-]c1-c1ccccc1)Cc1cc(-c3ccccc3)c(C(C)(C)C)cc1-2.ClC(Cl)(c1ccccc1)c1ccccc1.[Zr+2].c1cc[cH-]c1. The number of alkyl halides is 2. The Morgan fingerprint density at radius 1 is 0.500 bits per heavy atom. The molecule has 0 heterocycles. The summed E-state index contributed by atoms with van der Waals surface area (Å²) in [7, 11) is 0. The average molecular weight is 823 g/mol. The minimum absolute atomic E-state index is 0. The van der Waals surface area contributed by atoms with E-state index in [0.717, 1.165) is 17.5 Å². The van der Waals surface area contributed by atoms with Crippen molar-refractivity contribution >= 4 is 23.2 Å². The van der Waals surface area contributed by atoms with Gasteiger partial charge >= 0.3 is 26.2 Å². The van der Waals surface area contributed by atoms with Crippen molar-refractivity contribution in [2.75, 3.05) is 0 Å². The predicted molar refractivity (Wildman–Crippen MR) is 229 cm³/mol. The number of hydrogen-bond acceptors (Lipinski definition) is 0. The first-order valence-corrected chi connectivity index (χ1v) is 19.1. The van der Waals surface area contributed by atoms with Crippen LogP contribution in [0.3, 0.4) is 0 Å². The molecule has 0 saturated carbocycles. The second kappa shape index (κ2) is 17.7. The summed E-state index contributed by atoms with van der Waals surface area (Å²) in [6.45, 7) is 13.9. The van der Waals surface area contributed by atoms with Crippen LogP contribution in [0.25, 0.3) is 33.4 Å². The Kier molecular flexibility index (Phi) is 13.6. The van der Waals surface area contributed by atoms with E-state index in [-0.39, 0.29) is 37.0 Å². The van der Waals surface area contributed by atoms with Crippen LogP contribution in [0.2, 0.25) is 0 Å². The zero-order valence-electron chi connectivity index (χ0n) is 32.1. The minimum atomic E-state index is -0.970. The normalized spacial score (nSPS) is 11.9. The zero-order valence-corrected chi connectivity index (χ0v) is 36.1. The quantitative estimate of drug-likeness (QED) is 0.123. The van der Waals surface area contributed by atoms with Crippen molar-refractivity contribution in [2.24, 2.45) is 0 Å². The summed E-state index contributed by atoms with van der Waals surface area (Å²) in [5.41, 5.74) is 15.3. The molecule has 0 aliphatic heterocycles. The van der Waals surface area contributed by atoms with Crippen molar-refractivity contribution in [3.05, 3.63) is 209 Å². The Morgan fingerprint density at radius 2 is 0.944 bits per heavy atom. The third kappa shape index (κ3) is 9.67. The number of benzene rings is 6. The van der Waals surface area contributed by atoms with Gasteiger partial charge in [-0.1, -0.05) is 215 Å². The molecule has 0 fully saturated rings. The molecule has 3 heteroatoms. The maximum absolute atomic E-state index is 6.35. The Balaban J connectivity index is 0.000000220. The van der Waals surface area contributed by atoms with Crippen molar-refractivity contribution in [2.45, 2.75) is 63.1 Å². The second-order valence-electron chi connectivity index (χ2n) is 15.7. The van der Waals surface area contributed by atoms with Gasteiger partial charge in [0.05, 0.1) is 0 Å². The third-order valence-electron chi connectivity index (χ3n) is 9.65. The molecule has 7 aromatic carbocycles. The molecule has 1 aliphatic rings. The van der Waals surface area contributed by atoms with Gasteiger partial charge in [-0.25, -0.2) is 12.1 Å². The monoisotopic (exact) mass is 820 g/mol. The van der Waals surface area contributed by atoms with Gasteiger partial charge in [0.2, 0.25) is 0 Å². The van der Waals surface area contributed by atoms with E-state index < -0.39 is 4.33 Å². The Bertz CT molecular complexity index is 2040. The molecule has 54 heavy (non-hydrogen) atoms. The van der Waals surface area contributed by atoms with Crippen molar-refractivity contribution in [1.29, 1.82) is 0 Å². The standard InChI is InChI=1S/C33H33.C13H10Cl2.C5H5.Zr/c1-32(2,3)30-20-26-24(18-28(30)22-13-9-7-10-14-22)17-25-19-29(23-15-11-8-12-16-23)31(21-27(25)26)33(4,5)6;14-13(15,11-7-3-1-4-8-11)12-9-5-2-6-10-12;1-2-4-5-3-1;/h7-16,18,20-21H,17H2,1-6H3;1-10H;1-5H;/q-1;;-1;+2.